The van der Waals surface area contributed by atoms with E-state index >= 15 is 0 Å². The van der Waals surface area contributed by atoms with Crippen LogP contribution in [0.15, 0.2) is 89.9 Å². The standard InChI is InChI=1S/C29H35N5O3/c1-20(23-15-9-16-24(19-23)37-2)34(25(27(30)35)17-10-18-33-29(31)32)28(36)26(21-11-5-3-6-12-21)22-13-7-4-8-14-22/h3-9,11-16,19-20,25-26H,10,17-18H2,1-2H3,(H2,30,35)(H4,31,32,33)/t20-,25-/m1/s1. The van der Waals surface area contributed by atoms with Crippen LogP contribution < -0.4 is 21.9 Å². The third kappa shape index (κ3) is 7.10. The van der Waals surface area contributed by atoms with Crippen molar-refractivity contribution in [2.45, 2.75) is 37.8 Å². The minimum Gasteiger partial charge on any atom is -0.497 e. The molecule has 37 heavy (non-hydrogen) atoms. The van der Waals surface area contributed by atoms with Crippen LogP contribution >= 0.6 is 0 Å². The quantitative estimate of drug-likeness (QED) is 0.199. The van der Waals surface area contributed by atoms with Crippen LogP contribution in [0.3, 0.4) is 0 Å². The molecule has 2 amide bonds. The van der Waals surface area contributed by atoms with Crippen molar-refractivity contribution in [2.75, 3.05) is 13.7 Å². The van der Waals surface area contributed by atoms with E-state index in [0.29, 0.717) is 25.1 Å². The molecule has 0 saturated carbocycles. The first kappa shape index (κ1) is 27.3. The zero-order chi connectivity index (χ0) is 26.8. The summed E-state index contributed by atoms with van der Waals surface area (Å²) in [6.45, 7) is 2.22. The number of ether oxygens (including phenoxy) is 1. The summed E-state index contributed by atoms with van der Waals surface area (Å²) in [5, 5.41) is 0. The third-order valence-electron chi connectivity index (χ3n) is 6.35. The summed E-state index contributed by atoms with van der Waals surface area (Å²) in [6.07, 6.45) is 0.782. The van der Waals surface area contributed by atoms with Gasteiger partial charge in [0.1, 0.15) is 11.8 Å². The molecule has 3 aromatic carbocycles. The molecule has 3 aromatic rings. The Hall–Kier alpha value is -4.33. The fourth-order valence-electron chi connectivity index (χ4n) is 4.51. The molecule has 0 spiro atoms. The van der Waals surface area contributed by atoms with E-state index in [1.807, 2.05) is 91.9 Å². The average Bonchev–Trinajstić information content (AvgIpc) is 2.91. The van der Waals surface area contributed by atoms with Crippen LogP contribution in [0.5, 0.6) is 5.75 Å². The number of benzene rings is 3. The molecule has 0 saturated heterocycles. The number of amides is 2. The first-order chi connectivity index (χ1) is 17.8. The maximum absolute atomic E-state index is 14.5. The molecule has 0 aliphatic carbocycles. The van der Waals surface area contributed by atoms with E-state index in [0.717, 1.165) is 16.7 Å². The monoisotopic (exact) mass is 501 g/mol. The number of methoxy groups -OCH3 is 1. The van der Waals surface area contributed by atoms with Gasteiger partial charge in [0.25, 0.3) is 0 Å². The Morgan fingerprint density at radius 3 is 1.95 bits per heavy atom. The number of carbonyl (C=O) groups excluding carboxylic acids is 2. The Morgan fingerprint density at radius 1 is 0.865 bits per heavy atom. The van der Waals surface area contributed by atoms with E-state index in [2.05, 4.69) is 4.99 Å². The number of rotatable bonds is 12. The van der Waals surface area contributed by atoms with Crippen LogP contribution in [-0.2, 0) is 9.59 Å². The molecule has 0 bridgehead atoms. The molecule has 6 N–H and O–H groups in total. The van der Waals surface area contributed by atoms with E-state index in [-0.39, 0.29) is 11.9 Å². The van der Waals surface area contributed by atoms with Gasteiger partial charge in [0, 0.05) is 6.54 Å². The zero-order valence-corrected chi connectivity index (χ0v) is 21.3. The lowest BCUT2D eigenvalue weighted by Crippen LogP contribution is -2.50. The van der Waals surface area contributed by atoms with Gasteiger partial charge >= 0.3 is 0 Å². The maximum atomic E-state index is 14.5. The van der Waals surface area contributed by atoms with Crippen LogP contribution in [0, 0.1) is 0 Å². The normalized spacial score (nSPS) is 12.4. The molecule has 3 rings (SSSR count). The Labute approximate surface area is 218 Å². The summed E-state index contributed by atoms with van der Waals surface area (Å²) in [5.41, 5.74) is 19.3. The number of guanidine groups is 1. The van der Waals surface area contributed by atoms with E-state index in [4.69, 9.17) is 21.9 Å². The predicted octanol–water partition coefficient (Wildman–Crippen LogP) is 3.32. The minimum atomic E-state index is -0.877. The second-order valence-corrected chi connectivity index (χ2v) is 8.82. The maximum Gasteiger partial charge on any atom is 0.240 e. The van der Waals surface area contributed by atoms with Crippen LogP contribution in [0.2, 0.25) is 0 Å². The van der Waals surface area contributed by atoms with Crippen molar-refractivity contribution < 1.29 is 14.3 Å². The van der Waals surface area contributed by atoms with Gasteiger partial charge in [0.2, 0.25) is 11.8 Å². The van der Waals surface area contributed by atoms with Crippen molar-refractivity contribution in [1.82, 2.24) is 4.90 Å². The van der Waals surface area contributed by atoms with Crippen molar-refractivity contribution in [2.24, 2.45) is 22.2 Å². The van der Waals surface area contributed by atoms with E-state index in [1.54, 1.807) is 12.0 Å². The number of nitrogens with two attached hydrogens (primary N) is 3. The summed E-state index contributed by atoms with van der Waals surface area (Å²) < 4.78 is 5.41. The third-order valence-corrected chi connectivity index (χ3v) is 6.35. The average molecular weight is 502 g/mol. The van der Waals surface area contributed by atoms with Gasteiger partial charge in [0.15, 0.2) is 5.96 Å². The summed E-state index contributed by atoms with van der Waals surface area (Å²) in [7, 11) is 1.59. The van der Waals surface area contributed by atoms with Crippen molar-refractivity contribution in [1.29, 1.82) is 0 Å². The largest absolute Gasteiger partial charge is 0.497 e. The van der Waals surface area contributed by atoms with Crippen LogP contribution in [-0.4, -0.2) is 42.4 Å². The van der Waals surface area contributed by atoms with Crippen LogP contribution in [0.4, 0.5) is 0 Å². The lowest BCUT2D eigenvalue weighted by atomic mass is 9.88. The number of hydrogen-bond acceptors (Lipinski definition) is 4. The highest BCUT2D eigenvalue weighted by Crippen LogP contribution is 2.34. The summed E-state index contributed by atoms with van der Waals surface area (Å²) in [4.78, 5) is 33.0. The number of primary amides is 1. The van der Waals surface area contributed by atoms with Gasteiger partial charge in [-0.1, -0.05) is 72.8 Å². The molecule has 0 aromatic heterocycles. The van der Waals surface area contributed by atoms with Crippen molar-refractivity contribution in [3.05, 3.63) is 102 Å². The second kappa shape index (κ2) is 13.1. The fraction of sp³-hybridized carbons (Fsp3) is 0.276. The number of nitrogens with zero attached hydrogens (tertiary/aromatic N) is 2. The second-order valence-electron chi connectivity index (χ2n) is 8.82. The van der Waals surface area contributed by atoms with Gasteiger partial charge in [-0.2, -0.15) is 0 Å². The predicted molar refractivity (Wildman–Crippen MR) is 146 cm³/mol. The Morgan fingerprint density at radius 2 is 1.43 bits per heavy atom. The van der Waals surface area contributed by atoms with Crippen molar-refractivity contribution in [3.63, 3.8) is 0 Å². The van der Waals surface area contributed by atoms with Gasteiger partial charge in [-0.05, 0) is 48.6 Å². The van der Waals surface area contributed by atoms with Crippen LogP contribution in [0.25, 0.3) is 0 Å². The molecule has 0 aliphatic rings. The van der Waals surface area contributed by atoms with E-state index in [9.17, 15) is 9.59 Å². The summed E-state index contributed by atoms with van der Waals surface area (Å²) >= 11 is 0. The molecule has 0 heterocycles. The topological polar surface area (TPSA) is 137 Å². The zero-order valence-electron chi connectivity index (χ0n) is 21.3. The molecule has 8 nitrogen and oxygen atoms in total. The number of aliphatic imine (C=N–C) groups is 1. The molecule has 0 aliphatic heterocycles. The highest BCUT2D eigenvalue weighted by atomic mass is 16.5. The van der Waals surface area contributed by atoms with E-state index < -0.39 is 23.9 Å². The first-order valence-corrected chi connectivity index (χ1v) is 12.2. The molecule has 2 atom stereocenters. The van der Waals surface area contributed by atoms with E-state index in [1.165, 1.54) is 0 Å². The van der Waals surface area contributed by atoms with Crippen molar-refractivity contribution in [3.8, 4) is 5.75 Å². The van der Waals surface area contributed by atoms with Gasteiger partial charge in [-0.3, -0.25) is 14.6 Å². The molecule has 0 unspecified atom stereocenters. The lowest BCUT2D eigenvalue weighted by molar-refractivity contribution is -0.142. The van der Waals surface area contributed by atoms with Gasteiger partial charge < -0.3 is 26.8 Å². The molecule has 0 fully saturated rings. The number of hydrogen-bond donors (Lipinski definition) is 3. The molecular formula is C29H35N5O3. The SMILES string of the molecule is COc1cccc([C@@H](C)N(C(=O)C(c2ccccc2)c2ccccc2)[C@H](CCCN=C(N)N)C(N)=O)c1. The molecule has 194 valence electrons. The Bertz CT molecular complexity index is 1160. The summed E-state index contributed by atoms with van der Waals surface area (Å²) in [5.74, 6) is -0.814. The number of carbonyl (C=O) groups is 2. The fourth-order valence-corrected chi connectivity index (χ4v) is 4.51. The Balaban J connectivity index is 2.10. The molecule has 8 heteroatoms. The molecular weight excluding hydrogens is 466 g/mol. The van der Waals surface area contributed by atoms with Gasteiger partial charge in [-0.15, -0.1) is 0 Å². The highest BCUT2D eigenvalue weighted by molar-refractivity contribution is 5.92. The minimum absolute atomic E-state index is 0.0264. The first-order valence-electron chi connectivity index (χ1n) is 12.2. The smallest absolute Gasteiger partial charge is 0.240 e. The van der Waals surface area contributed by atoms with Gasteiger partial charge in [0.05, 0.1) is 19.1 Å². The highest BCUT2D eigenvalue weighted by Gasteiger charge is 2.37. The Kier molecular flexibility index (Phi) is 9.66. The molecule has 0 radical (unpaired) electrons. The lowest BCUT2D eigenvalue weighted by Gasteiger charge is -2.38. The summed E-state index contributed by atoms with van der Waals surface area (Å²) in [6, 6.07) is 25.2. The van der Waals surface area contributed by atoms with Crippen molar-refractivity contribution >= 4 is 17.8 Å². The van der Waals surface area contributed by atoms with Crippen LogP contribution in [0.1, 0.15) is 48.4 Å². The van der Waals surface area contributed by atoms with Gasteiger partial charge in [-0.25, -0.2) is 0 Å².